The second-order valence-corrected chi connectivity index (χ2v) is 12.4. The third-order valence-electron chi connectivity index (χ3n) is 9.48. The van der Waals surface area contributed by atoms with Crippen molar-refractivity contribution in [1.82, 2.24) is 20.2 Å². The molecule has 1 amide bonds. The van der Waals surface area contributed by atoms with Crippen molar-refractivity contribution in [3.05, 3.63) is 41.2 Å². The highest BCUT2D eigenvalue weighted by molar-refractivity contribution is 5.95. The smallest absolute Gasteiger partial charge is 0.419 e. The van der Waals surface area contributed by atoms with Gasteiger partial charge in [-0.2, -0.15) is 13.2 Å². The number of amides is 1. The van der Waals surface area contributed by atoms with Gasteiger partial charge in [0.25, 0.3) is 5.91 Å². The third-order valence-corrected chi connectivity index (χ3v) is 9.48. The van der Waals surface area contributed by atoms with Crippen LogP contribution in [-0.2, 0) is 17.4 Å². The van der Waals surface area contributed by atoms with Gasteiger partial charge in [-0.15, -0.1) is 0 Å². The molecule has 11 heteroatoms. The van der Waals surface area contributed by atoms with Gasteiger partial charge in [0.1, 0.15) is 11.5 Å². The van der Waals surface area contributed by atoms with E-state index in [0.717, 1.165) is 77.1 Å². The summed E-state index contributed by atoms with van der Waals surface area (Å²) in [5.74, 6) is 0.585. The Morgan fingerprint density at radius 1 is 1.02 bits per heavy atom. The molecule has 0 bridgehead atoms. The molecule has 0 radical (unpaired) electrons. The van der Waals surface area contributed by atoms with Crippen LogP contribution in [0.15, 0.2) is 24.4 Å². The molecule has 3 aliphatic rings. The van der Waals surface area contributed by atoms with E-state index in [4.69, 9.17) is 4.74 Å². The SMILES string of the molecule is COc1cc(C(=O)NC2CCN(C)CC2)ccc1Nc1ncc(C(F)(F)F)c(C[C@@H]2CCCC[C@H]2CC(=O)C2CCC2)n1. The van der Waals surface area contributed by atoms with Crippen LogP contribution in [0, 0.1) is 17.8 Å². The quantitative estimate of drug-likeness (QED) is 0.336. The summed E-state index contributed by atoms with van der Waals surface area (Å²) in [6.45, 7) is 1.85. The van der Waals surface area contributed by atoms with E-state index < -0.39 is 11.7 Å². The van der Waals surface area contributed by atoms with Crippen LogP contribution in [0.3, 0.4) is 0 Å². The number of halogens is 3. The van der Waals surface area contributed by atoms with Crippen molar-refractivity contribution in [2.45, 2.75) is 82.8 Å². The van der Waals surface area contributed by atoms with Gasteiger partial charge in [-0.1, -0.05) is 19.3 Å². The van der Waals surface area contributed by atoms with Gasteiger partial charge in [-0.3, -0.25) is 9.59 Å². The molecule has 2 N–H and O–H groups in total. The first-order chi connectivity index (χ1) is 20.6. The van der Waals surface area contributed by atoms with Gasteiger partial charge in [0.15, 0.2) is 0 Å². The van der Waals surface area contributed by atoms with E-state index in [2.05, 4.69) is 32.5 Å². The number of alkyl halides is 3. The number of carbonyl (C=O) groups is 2. The van der Waals surface area contributed by atoms with Crippen LogP contribution >= 0.6 is 0 Å². The number of aromatic nitrogens is 2. The van der Waals surface area contributed by atoms with Gasteiger partial charge in [0.2, 0.25) is 5.95 Å². The minimum Gasteiger partial charge on any atom is -0.495 e. The Balaban J connectivity index is 1.32. The number of Topliss-reactive ketones (excluding diaryl/α,β-unsaturated/α-hetero) is 1. The number of hydrogen-bond acceptors (Lipinski definition) is 7. The van der Waals surface area contributed by atoms with E-state index in [0.29, 0.717) is 23.4 Å². The summed E-state index contributed by atoms with van der Waals surface area (Å²) in [5, 5.41) is 6.08. The van der Waals surface area contributed by atoms with E-state index in [1.165, 1.54) is 7.11 Å². The number of piperidine rings is 1. The topological polar surface area (TPSA) is 96.5 Å². The summed E-state index contributed by atoms with van der Waals surface area (Å²) in [7, 11) is 3.52. The Morgan fingerprint density at radius 2 is 1.74 bits per heavy atom. The maximum Gasteiger partial charge on any atom is 0.419 e. The number of rotatable bonds is 10. The minimum atomic E-state index is -4.60. The van der Waals surface area contributed by atoms with Crippen LogP contribution in [0.25, 0.3) is 0 Å². The molecule has 1 saturated heterocycles. The Kier molecular flexibility index (Phi) is 9.88. The monoisotopic (exact) mass is 601 g/mol. The van der Waals surface area contributed by atoms with Crippen LogP contribution in [0.4, 0.5) is 24.8 Å². The molecule has 0 unspecified atom stereocenters. The van der Waals surface area contributed by atoms with Crippen LogP contribution < -0.4 is 15.4 Å². The highest BCUT2D eigenvalue weighted by atomic mass is 19.4. The van der Waals surface area contributed by atoms with Crippen LogP contribution in [0.2, 0.25) is 0 Å². The van der Waals surface area contributed by atoms with Crippen LogP contribution in [0.5, 0.6) is 5.75 Å². The molecule has 2 heterocycles. The van der Waals surface area contributed by atoms with Gasteiger partial charge in [0, 0.05) is 30.1 Å². The molecule has 2 saturated carbocycles. The summed E-state index contributed by atoms with van der Waals surface area (Å²) >= 11 is 0. The molecule has 1 aliphatic heterocycles. The lowest BCUT2D eigenvalue weighted by Gasteiger charge is -2.33. The van der Waals surface area contributed by atoms with Gasteiger partial charge >= 0.3 is 6.18 Å². The Bertz CT molecular complexity index is 1290. The van der Waals surface area contributed by atoms with Crippen molar-refractivity contribution in [2.24, 2.45) is 17.8 Å². The van der Waals surface area contributed by atoms with Gasteiger partial charge in [-0.25, -0.2) is 9.97 Å². The lowest BCUT2D eigenvalue weighted by Crippen LogP contribution is -2.43. The summed E-state index contributed by atoms with van der Waals surface area (Å²) in [4.78, 5) is 36.2. The number of ether oxygens (including phenoxy) is 1. The standard InChI is InChI=1S/C32H42F3N5O3/c1-40-14-12-24(13-15-40)37-30(42)23-10-11-26(29(18-23)43-2)38-31-36-19-25(32(33,34)35)27(39-31)16-21-6-3-4-7-22(21)17-28(41)20-8-5-9-20/h10-11,18-22,24H,3-9,12-17H2,1-2H3,(H,37,42)(H,36,38,39)/t21-,22-/m0/s1. The zero-order chi connectivity index (χ0) is 30.6. The number of anilines is 2. The minimum absolute atomic E-state index is 0.0164. The highest BCUT2D eigenvalue weighted by Gasteiger charge is 2.38. The van der Waals surface area contributed by atoms with Crippen LogP contribution in [-0.4, -0.2) is 59.8 Å². The molecule has 234 valence electrons. The van der Waals surface area contributed by atoms with Crippen molar-refractivity contribution in [1.29, 1.82) is 0 Å². The largest absolute Gasteiger partial charge is 0.495 e. The molecular weight excluding hydrogens is 559 g/mol. The number of nitrogens with zero attached hydrogens (tertiary/aromatic N) is 3. The van der Waals surface area contributed by atoms with Gasteiger partial charge < -0.3 is 20.3 Å². The number of methoxy groups -OCH3 is 1. The molecule has 1 aromatic heterocycles. The van der Waals surface area contributed by atoms with E-state index in [1.807, 2.05) is 0 Å². The fourth-order valence-electron chi connectivity index (χ4n) is 6.57. The van der Waals surface area contributed by atoms with Crippen molar-refractivity contribution < 1.29 is 27.5 Å². The zero-order valence-electron chi connectivity index (χ0n) is 25.0. The molecule has 5 rings (SSSR count). The third kappa shape index (κ3) is 7.85. The summed E-state index contributed by atoms with van der Waals surface area (Å²) in [5.41, 5.74) is -0.0486. The second-order valence-electron chi connectivity index (χ2n) is 12.4. The molecule has 8 nitrogen and oxygen atoms in total. The van der Waals surface area contributed by atoms with E-state index >= 15 is 0 Å². The predicted molar refractivity (Wildman–Crippen MR) is 157 cm³/mol. The fraction of sp³-hybridized carbons (Fsp3) is 0.625. The van der Waals surface area contributed by atoms with E-state index in [1.54, 1.807) is 18.2 Å². The van der Waals surface area contributed by atoms with E-state index in [9.17, 15) is 22.8 Å². The molecule has 1 aromatic carbocycles. The second kappa shape index (κ2) is 13.6. The average Bonchev–Trinajstić information content (AvgIpc) is 2.94. The van der Waals surface area contributed by atoms with Crippen molar-refractivity contribution in [3.8, 4) is 5.75 Å². The number of carbonyl (C=O) groups excluding carboxylic acids is 2. The average molecular weight is 602 g/mol. The maximum absolute atomic E-state index is 14.0. The summed E-state index contributed by atoms with van der Waals surface area (Å²) < 4.78 is 47.6. The van der Waals surface area contributed by atoms with Gasteiger partial charge in [-0.05, 0) is 95.1 Å². The first-order valence-corrected chi connectivity index (χ1v) is 15.5. The number of likely N-dealkylation sites (tertiary alicyclic amines) is 1. The van der Waals surface area contributed by atoms with Crippen LogP contribution in [0.1, 0.15) is 85.8 Å². The summed E-state index contributed by atoms with van der Waals surface area (Å²) in [6.07, 6.45) is 5.09. The van der Waals surface area contributed by atoms with Crippen molar-refractivity contribution in [2.75, 3.05) is 32.6 Å². The Morgan fingerprint density at radius 3 is 2.40 bits per heavy atom. The Hall–Kier alpha value is -3.21. The maximum atomic E-state index is 14.0. The number of benzene rings is 1. The fourth-order valence-corrected chi connectivity index (χ4v) is 6.57. The first-order valence-electron chi connectivity index (χ1n) is 15.5. The molecule has 2 aromatic rings. The Labute approximate surface area is 251 Å². The van der Waals surface area contributed by atoms with E-state index in [-0.39, 0.29) is 53.5 Å². The first kappa shape index (κ1) is 31.2. The number of ketones is 1. The number of nitrogens with one attached hydrogen (secondary N) is 2. The summed E-state index contributed by atoms with van der Waals surface area (Å²) in [6, 6.07) is 4.99. The number of hydrogen-bond donors (Lipinski definition) is 2. The van der Waals surface area contributed by atoms with Crippen molar-refractivity contribution in [3.63, 3.8) is 0 Å². The molecule has 2 atom stereocenters. The molecule has 43 heavy (non-hydrogen) atoms. The van der Waals surface area contributed by atoms with Crippen molar-refractivity contribution >= 4 is 23.3 Å². The molecule has 2 aliphatic carbocycles. The zero-order valence-corrected chi connectivity index (χ0v) is 25.0. The lowest BCUT2D eigenvalue weighted by atomic mass is 9.71. The predicted octanol–water partition coefficient (Wildman–Crippen LogP) is 6.18. The molecule has 3 fully saturated rings. The highest BCUT2D eigenvalue weighted by Crippen LogP contribution is 2.40. The molecular formula is C32H42F3N5O3. The normalized spacial score (nSPS) is 22.1. The van der Waals surface area contributed by atoms with Gasteiger partial charge in [0.05, 0.1) is 24.1 Å². The molecule has 0 spiro atoms. The lowest BCUT2D eigenvalue weighted by molar-refractivity contribution is -0.139.